The molecule has 0 atom stereocenters. The van der Waals surface area contributed by atoms with Gasteiger partial charge in [-0.3, -0.25) is 9.59 Å². The fourth-order valence-corrected chi connectivity index (χ4v) is 5.71. The van der Waals surface area contributed by atoms with E-state index in [1.165, 1.54) is 0 Å². The average Bonchev–Trinajstić information content (AvgIpc) is 3.74. The second-order valence-corrected chi connectivity index (χ2v) is 10.6. The lowest BCUT2D eigenvalue weighted by Gasteiger charge is -2.39. The van der Waals surface area contributed by atoms with Crippen LogP contribution in [0.15, 0.2) is 72.9 Å². The summed E-state index contributed by atoms with van der Waals surface area (Å²) >= 11 is 0. The summed E-state index contributed by atoms with van der Waals surface area (Å²) in [7, 11) is 0. The molecule has 8 nitrogen and oxygen atoms in total. The Bertz CT molecular complexity index is 1490. The van der Waals surface area contributed by atoms with Gasteiger partial charge < -0.3 is 21.1 Å². The quantitative estimate of drug-likeness (QED) is 0.269. The van der Waals surface area contributed by atoms with Crippen molar-refractivity contribution in [1.29, 1.82) is 0 Å². The number of benzene rings is 3. The van der Waals surface area contributed by atoms with Crippen LogP contribution in [-0.4, -0.2) is 46.4 Å². The van der Waals surface area contributed by atoms with Gasteiger partial charge in [-0.25, -0.2) is 4.68 Å². The maximum atomic E-state index is 13.5. The van der Waals surface area contributed by atoms with E-state index in [0.29, 0.717) is 17.7 Å². The highest BCUT2D eigenvalue weighted by molar-refractivity contribution is 6.06. The van der Waals surface area contributed by atoms with E-state index in [-0.39, 0.29) is 29.8 Å². The Balaban J connectivity index is 1.21. The molecule has 200 valence electrons. The van der Waals surface area contributed by atoms with Crippen molar-refractivity contribution in [3.8, 4) is 5.69 Å². The van der Waals surface area contributed by atoms with Crippen LogP contribution in [-0.2, 0) is 10.2 Å². The first-order valence-electron chi connectivity index (χ1n) is 13.7. The van der Waals surface area contributed by atoms with Crippen molar-refractivity contribution in [3.05, 3.63) is 84.1 Å². The Hall–Kier alpha value is -4.01. The lowest BCUT2D eigenvalue weighted by atomic mass is 9.69. The van der Waals surface area contributed by atoms with Crippen LogP contribution < -0.4 is 16.0 Å². The standard InChI is InChI=1S/C31H33N5O3/c37-18-15-31(13-16-32-17-14-31)27-4-2-1-3-26(27)30(39)35-24-9-12-28-22(19-24)20-33-36(28)25-10-7-23(8-11-25)34-29(38)21-5-6-21/h1-4,7-12,19-21,32,37H,5-6,13-18H2,(H,34,38)(H,35,39). The summed E-state index contributed by atoms with van der Waals surface area (Å²) in [6, 6.07) is 21.2. The molecular formula is C31H33N5O3. The first-order valence-corrected chi connectivity index (χ1v) is 13.7. The molecular weight excluding hydrogens is 490 g/mol. The van der Waals surface area contributed by atoms with Gasteiger partial charge in [0.05, 0.1) is 17.4 Å². The predicted molar refractivity (Wildman–Crippen MR) is 152 cm³/mol. The second-order valence-electron chi connectivity index (χ2n) is 10.6. The monoisotopic (exact) mass is 523 g/mol. The Morgan fingerprint density at radius 3 is 2.46 bits per heavy atom. The normalized spacial score (nSPS) is 16.6. The summed E-state index contributed by atoms with van der Waals surface area (Å²) in [6.07, 6.45) is 6.14. The molecule has 1 aliphatic carbocycles. The van der Waals surface area contributed by atoms with E-state index in [2.05, 4.69) is 21.0 Å². The fourth-order valence-electron chi connectivity index (χ4n) is 5.71. The van der Waals surface area contributed by atoms with Gasteiger partial charge in [-0.05, 0) is 99.3 Å². The maximum absolute atomic E-state index is 13.5. The number of aliphatic hydroxyl groups excluding tert-OH is 1. The minimum atomic E-state index is -0.213. The highest BCUT2D eigenvalue weighted by Crippen LogP contribution is 2.39. The van der Waals surface area contributed by atoms with Gasteiger partial charge in [-0.2, -0.15) is 5.10 Å². The van der Waals surface area contributed by atoms with Crippen LogP contribution in [0.5, 0.6) is 0 Å². The Morgan fingerprint density at radius 2 is 1.72 bits per heavy atom. The van der Waals surface area contributed by atoms with Crippen LogP contribution in [0, 0.1) is 5.92 Å². The Kier molecular flexibility index (Phi) is 6.89. The Morgan fingerprint density at radius 1 is 0.974 bits per heavy atom. The van der Waals surface area contributed by atoms with Gasteiger partial charge in [0.25, 0.3) is 5.91 Å². The minimum absolute atomic E-state index is 0.0869. The van der Waals surface area contributed by atoms with E-state index >= 15 is 0 Å². The van der Waals surface area contributed by atoms with Crippen LogP contribution in [0.2, 0.25) is 0 Å². The molecule has 2 fully saturated rings. The van der Waals surface area contributed by atoms with Crippen LogP contribution in [0.25, 0.3) is 16.6 Å². The number of hydrogen-bond acceptors (Lipinski definition) is 5. The second kappa shape index (κ2) is 10.6. The van der Waals surface area contributed by atoms with Crippen molar-refractivity contribution in [2.75, 3.05) is 30.3 Å². The number of nitrogens with one attached hydrogen (secondary N) is 3. The zero-order valence-corrected chi connectivity index (χ0v) is 21.8. The molecule has 2 amide bonds. The number of nitrogens with zero attached hydrogens (tertiary/aromatic N) is 2. The molecule has 0 unspecified atom stereocenters. The number of aromatic nitrogens is 2. The molecule has 2 aliphatic rings. The van der Waals surface area contributed by atoms with Crippen LogP contribution >= 0.6 is 0 Å². The molecule has 0 radical (unpaired) electrons. The third-order valence-corrected chi connectivity index (χ3v) is 8.05. The highest BCUT2D eigenvalue weighted by atomic mass is 16.3. The van der Waals surface area contributed by atoms with Crippen molar-refractivity contribution in [2.45, 2.75) is 37.5 Å². The summed E-state index contributed by atoms with van der Waals surface area (Å²) in [4.78, 5) is 25.5. The summed E-state index contributed by atoms with van der Waals surface area (Å²) < 4.78 is 1.85. The number of rotatable bonds is 8. The van der Waals surface area contributed by atoms with Crippen molar-refractivity contribution >= 4 is 34.1 Å². The molecule has 4 aromatic rings. The first kappa shape index (κ1) is 25.3. The number of piperidine rings is 1. The van der Waals surface area contributed by atoms with Crippen molar-refractivity contribution in [2.24, 2.45) is 5.92 Å². The predicted octanol–water partition coefficient (Wildman–Crippen LogP) is 4.63. The Labute approximate surface area is 227 Å². The number of aliphatic hydroxyl groups is 1. The highest BCUT2D eigenvalue weighted by Gasteiger charge is 2.36. The van der Waals surface area contributed by atoms with Gasteiger partial charge in [0, 0.05) is 40.3 Å². The number of hydrogen-bond donors (Lipinski definition) is 4. The van der Waals surface area contributed by atoms with Gasteiger partial charge in [0.2, 0.25) is 5.91 Å². The molecule has 2 heterocycles. The van der Waals surface area contributed by atoms with Crippen LogP contribution in [0.3, 0.4) is 0 Å². The lowest BCUT2D eigenvalue weighted by Crippen LogP contribution is -2.41. The van der Waals surface area contributed by atoms with Gasteiger partial charge in [0.15, 0.2) is 0 Å². The fraction of sp³-hybridized carbons (Fsp3) is 0.323. The first-order chi connectivity index (χ1) is 19.1. The van der Waals surface area contributed by atoms with E-state index in [1.54, 1.807) is 6.20 Å². The van der Waals surface area contributed by atoms with E-state index in [4.69, 9.17) is 0 Å². The maximum Gasteiger partial charge on any atom is 0.255 e. The number of carbonyl (C=O) groups excluding carboxylic acids is 2. The smallest absolute Gasteiger partial charge is 0.255 e. The van der Waals surface area contributed by atoms with Gasteiger partial charge in [0.1, 0.15) is 0 Å². The molecule has 1 aliphatic heterocycles. The van der Waals surface area contributed by atoms with E-state index in [9.17, 15) is 14.7 Å². The van der Waals surface area contributed by atoms with Crippen LogP contribution in [0.4, 0.5) is 11.4 Å². The number of amides is 2. The van der Waals surface area contributed by atoms with Crippen LogP contribution in [0.1, 0.15) is 48.0 Å². The van der Waals surface area contributed by atoms with Crippen molar-refractivity contribution in [1.82, 2.24) is 15.1 Å². The largest absolute Gasteiger partial charge is 0.396 e. The van der Waals surface area contributed by atoms with E-state index < -0.39 is 0 Å². The number of fused-ring (bicyclic) bond motifs is 1. The third kappa shape index (κ3) is 5.17. The van der Waals surface area contributed by atoms with Crippen molar-refractivity contribution < 1.29 is 14.7 Å². The van der Waals surface area contributed by atoms with E-state index in [1.807, 2.05) is 71.4 Å². The molecule has 4 N–H and O–H groups in total. The molecule has 6 rings (SSSR count). The third-order valence-electron chi connectivity index (χ3n) is 8.05. The lowest BCUT2D eigenvalue weighted by molar-refractivity contribution is -0.117. The zero-order chi connectivity index (χ0) is 26.8. The number of anilines is 2. The molecule has 1 saturated carbocycles. The number of carbonyl (C=O) groups is 2. The molecule has 1 aromatic heterocycles. The molecule has 3 aromatic carbocycles. The van der Waals surface area contributed by atoms with Gasteiger partial charge in [-0.1, -0.05) is 18.2 Å². The molecule has 0 bridgehead atoms. The summed E-state index contributed by atoms with van der Waals surface area (Å²) in [5.74, 6) is 0.0925. The SMILES string of the molecule is O=C(Nc1ccc2c(cnn2-c2ccc(NC(=O)C3CC3)cc2)c1)c1ccccc1C1(CCO)CCNCC1. The average molecular weight is 524 g/mol. The topological polar surface area (TPSA) is 108 Å². The summed E-state index contributed by atoms with van der Waals surface area (Å²) in [6.45, 7) is 1.83. The van der Waals surface area contributed by atoms with Crippen molar-refractivity contribution in [3.63, 3.8) is 0 Å². The van der Waals surface area contributed by atoms with Gasteiger partial charge >= 0.3 is 0 Å². The summed E-state index contributed by atoms with van der Waals surface area (Å²) in [5, 5.41) is 24.7. The van der Waals surface area contributed by atoms with Gasteiger partial charge in [-0.15, -0.1) is 0 Å². The summed E-state index contributed by atoms with van der Waals surface area (Å²) in [5.41, 5.74) is 4.72. The molecule has 8 heteroatoms. The molecule has 1 saturated heterocycles. The minimum Gasteiger partial charge on any atom is -0.396 e. The molecule has 0 spiro atoms. The molecule has 39 heavy (non-hydrogen) atoms. The zero-order valence-electron chi connectivity index (χ0n) is 21.8. The van der Waals surface area contributed by atoms with E-state index in [0.717, 1.165) is 66.6 Å².